The minimum atomic E-state index is -0.452. The van der Waals surface area contributed by atoms with E-state index in [1.807, 2.05) is 25.7 Å². The van der Waals surface area contributed by atoms with Crippen molar-refractivity contribution in [3.63, 3.8) is 0 Å². The number of esters is 1. The Balaban J connectivity index is 1.93. The number of hydrogen-bond donors (Lipinski definition) is 0. The summed E-state index contributed by atoms with van der Waals surface area (Å²) in [6.45, 7) is 8.92. The van der Waals surface area contributed by atoms with Gasteiger partial charge in [0.2, 0.25) is 11.8 Å². The van der Waals surface area contributed by atoms with Crippen LogP contribution >= 0.6 is 0 Å². The van der Waals surface area contributed by atoms with Gasteiger partial charge in [0.25, 0.3) is 0 Å². The molecule has 0 atom stereocenters. The lowest BCUT2D eigenvalue weighted by Crippen LogP contribution is -2.46. The maximum atomic E-state index is 12.7. The molecule has 0 radical (unpaired) electrons. The largest absolute Gasteiger partial charge is 0.465 e. The van der Waals surface area contributed by atoms with Crippen molar-refractivity contribution in [2.45, 2.75) is 47.1 Å². The molecule has 2 amide bonds. The molecule has 0 saturated carbocycles. The van der Waals surface area contributed by atoms with E-state index >= 15 is 0 Å². The first-order chi connectivity index (χ1) is 12.5. The summed E-state index contributed by atoms with van der Waals surface area (Å²) in [7, 11) is 3.05. The van der Waals surface area contributed by atoms with Crippen LogP contribution in [0.4, 0.5) is 0 Å². The Labute approximate surface area is 160 Å². The molecular formula is C20H30N2O5. The van der Waals surface area contributed by atoms with Gasteiger partial charge in [-0.15, -0.1) is 0 Å². The highest BCUT2D eigenvalue weighted by molar-refractivity contribution is 5.90. The number of hydrogen-bond acceptors (Lipinski definition) is 5. The van der Waals surface area contributed by atoms with Crippen molar-refractivity contribution in [2.24, 2.45) is 11.3 Å². The number of piperidine rings is 1. The molecule has 2 rings (SSSR count). The van der Waals surface area contributed by atoms with Crippen molar-refractivity contribution in [3.05, 3.63) is 23.2 Å². The van der Waals surface area contributed by atoms with E-state index in [-0.39, 0.29) is 24.3 Å². The van der Waals surface area contributed by atoms with E-state index in [0.717, 1.165) is 0 Å². The number of furan rings is 1. The van der Waals surface area contributed by atoms with Crippen LogP contribution in [0.2, 0.25) is 0 Å². The summed E-state index contributed by atoms with van der Waals surface area (Å²) in [5.74, 6) is 0.632. The minimum absolute atomic E-state index is 0.0338. The Morgan fingerprint density at radius 2 is 1.85 bits per heavy atom. The normalized spacial score (nSPS) is 15.6. The molecule has 1 aromatic rings. The molecule has 27 heavy (non-hydrogen) atoms. The average Bonchev–Trinajstić information content (AvgIpc) is 2.99. The lowest BCUT2D eigenvalue weighted by Gasteiger charge is -2.36. The van der Waals surface area contributed by atoms with Crippen LogP contribution in [-0.4, -0.2) is 54.8 Å². The average molecular weight is 378 g/mol. The fourth-order valence-electron chi connectivity index (χ4n) is 3.36. The Morgan fingerprint density at radius 1 is 1.26 bits per heavy atom. The monoisotopic (exact) mass is 378 g/mol. The number of likely N-dealkylation sites (tertiary alicyclic amines) is 1. The van der Waals surface area contributed by atoms with Crippen LogP contribution in [0.3, 0.4) is 0 Å². The molecule has 2 heterocycles. The van der Waals surface area contributed by atoms with Crippen LogP contribution in [0, 0.1) is 18.3 Å². The summed E-state index contributed by atoms with van der Waals surface area (Å²) in [5, 5.41) is 0. The second-order valence-corrected chi connectivity index (χ2v) is 8.18. The predicted octanol–water partition coefficient (Wildman–Crippen LogP) is 2.62. The van der Waals surface area contributed by atoms with Crippen LogP contribution in [-0.2, 0) is 20.9 Å². The van der Waals surface area contributed by atoms with E-state index in [2.05, 4.69) is 0 Å². The Hall–Kier alpha value is -2.31. The number of carbonyl (C=O) groups is 3. The lowest BCUT2D eigenvalue weighted by atomic mass is 9.90. The maximum Gasteiger partial charge on any atom is 0.341 e. The number of carbonyl (C=O) groups excluding carboxylic acids is 3. The number of nitrogens with zero attached hydrogens (tertiary/aromatic N) is 2. The van der Waals surface area contributed by atoms with E-state index in [9.17, 15) is 14.4 Å². The third-order valence-corrected chi connectivity index (χ3v) is 4.92. The van der Waals surface area contributed by atoms with E-state index in [0.29, 0.717) is 43.0 Å². The zero-order valence-corrected chi connectivity index (χ0v) is 17.1. The van der Waals surface area contributed by atoms with Crippen LogP contribution in [0.15, 0.2) is 10.5 Å². The standard InChI is InChI=1S/C20H30N2O5/c1-13-16(18(24)26-6)11-15(27-13)12-21(5)17(23)14-7-9-22(10-8-14)19(25)20(2,3)4/h11,14H,7-10,12H2,1-6H3. The Bertz CT molecular complexity index is 708. The fraction of sp³-hybridized carbons (Fsp3) is 0.650. The van der Waals surface area contributed by atoms with E-state index in [1.54, 1.807) is 24.9 Å². The summed E-state index contributed by atoms with van der Waals surface area (Å²) in [6, 6.07) is 1.62. The highest BCUT2D eigenvalue weighted by Crippen LogP contribution is 2.25. The molecule has 0 spiro atoms. The number of rotatable bonds is 4. The number of methoxy groups -OCH3 is 1. The number of aryl methyl sites for hydroxylation is 1. The quantitative estimate of drug-likeness (QED) is 0.753. The van der Waals surface area contributed by atoms with Crippen molar-refractivity contribution in [1.29, 1.82) is 0 Å². The first-order valence-corrected chi connectivity index (χ1v) is 9.26. The van der Waals surface area contributed by atoms with Gasteiger partial charge in [0.1, 0.15) is 17.1 Å². The number of ether oxygens (including phenoxy) is 1. The molecule has 0 N–H and O–H groups in total. The van der Waals surface area contributed by atoms with Gasteiger partial charge in [-0.05, 0) is 25.8 Å². The van der Waals surface area contributed by atoms with E-state index in [1.165, 1.54) is 7.11 Å². The van der Waals surface area contributed by atoms with Gasteiger partial charge < -0.3 is 19.0 Å². The van der Waals surface area contributed by atoms with Gasteiger partial charge in [-0.1, -0.05) is 20.8 Å². The molecule has 1 aliphatic heterocycles. The fourth-order valence-corrected chi connectivity index (χ4v) is 3.36. The summed E-state index contributed by atoms with van der Waals surface area (Å²) in [6.07, 6.45) is 1.32. The molecule has 7 nitrogen and oxygen atoms in total. The third kappa shape index (κ3) is 4.90. The molecule has 1 aromatic heterocycles. The zero-order chi connectivity index (χ0) is 20.4. The van der Waals surface area contributed by atoms with Crippen LogP contribution in [0.25, 0.3) is 0 Å². The summed E-state index contributed by atoms with van der Waals surface area (Å²) in [5.41, 5.74) is -0.0235. The molecule has 0 bridgehead atoms. The first kappa shape index (κ1) is 21.0. The summed E-state index contributed by atoms with van der Waals surface area (Å²) >= 11 is 0. The second-order valence-electron chi connectivity index (χ2n) is 8.18. The summed E-state index contributed by atoms with van der Waals surface area (Å²) < 4.78 is 10.3. The topological polar surface area (TPSA) is 80.1 Å². The molecule has 7 heteroatoms. The van der Waals surface area contributed by atoms with Crippen LogP contribution < -0.4 is 0 Å². The molecule has 1 aliphatic rings. The molecule has 1 saturated heterocycles. The third-order valence-electron chi connectivity index (χ3n) is 4.92. The lowest BCUT2D eigenvalue weighted by molar-refractivity contribution is -0.144. The van der Waals surface area contributed by atoms with Crippen LogP contribution in [0.5, 0.6) is 0 Å². The van der Waals surface area contributed by atoms with Gasteiger partial charge >= 0.3 is 5.97 Å². The van der Waals surface area contributed by atoms with Gasteiger partial charge in [0, 0.05) is 31.5 Å². The van der Waals surface area contributed by atoms with Crippen molar-refractivity contribution in [2.75, 3.05) is 27.2 Å². The highest BCUT2D eigenvalue weighted by Gasteiger charge is 2.33. The first-order valence-electron chi connectivity index (χ1n) is 9.26. The molecule has 150 valence electrons. The van der Waals surface area contributed by atoms with Gasteiger partial charge in [-0.2, -0.15) is 0 Å². The Kier molecular flexibility index (Phi) is 6.34. The highest BCUT2D eigenvalue weighted by atomic mass is 16.5. The zero-order valence-electron chi connectivity index (χ0n) is 17.1. The molecule has 0 aliphatic carbocycles. The van der Waals surface area contributed by atoms with Gasteiger partial charge in [-0.3, -0.25) is 9.59 Å². The molecule has 0 aromatic carbocycles. The SMILES string of the molecule is COC(=O)c1cc(CN(C)C(=O)C2CCN(C(=O)C(C)(C)C)CC2)oc1C. The maximum absolute atomic E-state index is 12.7. The molecule has 1 fully saturated rings. The van der Waals surface area contributed by atoms with Crippen LogP contribution in [0.1, 0.15) is 55.5 Å². The number of amides is 2. The van der Waals surface area contributed by atoms with Gasteiger partial charge in [-0.25, -0.2) is 4.79 Å². The van der Waals surface area contributed by atoms with Crippen molar-refractivity contribution in [3.8, 4) is 0 Å². The van der Waals surface area contributed by atoms with E-state index < -0.39 is 11.4 Å². The van der Waals surface area contributed by atoms with Crippen molar-refractivity contribution < 1.29 is 23.5 Å². The second kappa shape index (κ2) is 8.15. The van der Waals surface area contributed by atoms with Crippen molar-refractivity contribution in [1.82, 2.24) is 9.80 Å². The smallest absolute Gasteiger partial charge is 0.341 e. The minimum Gasteiger partial charge on any atom is -0.465 e. The van der Waals surface area contributed by atoms with Gasteiger partial charge in [0.15, 0.2) is 0 Å². The predicted molar refractivity (Wildman–Crippen MR) is 100 cm³/mol. The molecule has 0 unspecified atom stereocenters. The Morgan fingerprint density at radius 3 is 2.37 bits per heavy atom. The van der Waals surface area contributed by atoms with E-state index in [4.69, 9.17) is 9.15 Å². The molecular weight excluding hydrogens is 348 g/mol. The van der Waals surface area contributed by atoms with Gasteiger partial charge in [0.05, 0.1) is 13.7 Å². The summed E-state index contributed by atoms with van der Waals surface area (Å²) in [4.78, 5) is 40.3. The van der Waals surface area contributed by atoms with Crippen molar-refractivity contribution >= 4 is 17.8 Å².